The highest BCUT2D eigenvalue weighted by Crippen LogP contribution is 2.46. The van der Waals surface area contributed by atoms with Gasteiger partial charge in [-0.15, -0.1) is 0 Å². The summed E-state index contributed by atoms with van der Waals surface area (Å²) in [5.74, 6) is -0.560. The molecule has 1 heterocycles. The lowest BCUT2D eigenvalue weighted by molar-refractivity contribution is -0.166. The van der Waals surface area contributed by atoms with Gasteiger partial charge in [-0.2, -0.15) is 17.8 Å². The van der Waals surface area contributed by atoms with Crippen LogP contribution in [0.15, 0.2) is 29.2 Å². The maximum Gasteiger partial charge on any atom is 0.313 e. The summed E-state index contributed by atoms with van der Waals surface area (Å²) in [6, 6.07) is 6.51. The van der Waals surface area contributed by atoms with Gasteiger partial charge in [0.05, 0.1) is 10.3 Å². The van der Waals surface area contributed by atoms with Crippen LogP contribution in [0.5, 0.6) is 0 Å². The normalized spacial score (nSPS) is 22.2. The summed E-state index contributed by atoms with van der Waals surface area (Å²) >= 11 is 0. The van der Waals surface area contributed by atoms with Crippen LogP contribution in [0.4, 0.5) is 0 Å². The average molecular weight is 381 g/mol. The lowest BCUT2D eigenvalue weighted by atomic mass is 9.64. The van der Waals surface area contributed by atoms with Crippen LogP contribution < -0.4 is 0 Å². The van der Waals surface area contributed by atoms with Crippen LogP contribution in [0, 0.1) is 18.3 Å². The number of carboxylic acid groups (broad SMARTS) is 1. The Bertz CT molecular complexity index is 730. The number of hydroxylamine groups is 2. The van der Waals surface area contributed by atoms with E-state index >= 15 is 0 Å². The van der Waals surface area contributed by atoms with Crippen LogP contribution >= 0.6 is 0 Å². The highest BCUT2D eigenvalue weighted by molar-refractivity contribution is 7.86. The van der Waals surface area contributed by atoms with Crippen molar-refractivity contribution in [3.05, 3.63) is 29.8 Å². The molecule has 0 atom stereocenters. The van der Waals surface area contributed by atoms with Gasteiger partial charge in [0.15, 0.2) is 0 Å². The first-order valence-corrected chi connectivity index (χ1v) is 10.7. The minimum absolute atomic E-state index is 0.116. The zero-order valence-corrected chi connectivity index (χ0v) is 16.0. The van der Waals surface area contributed by atoms with E-state index in [9.17, 15) is 18.3 Å². The van der Waals surface area contributed by atoms with Crippen molar-refractivity contribution in [1.82, 2.24) is 5.06 Å². The third-order valence-corrected chi connectivity index (χ3v) is 7.20. The second-order valence-corrected chi connectivity index (χ2v) is 9.10. The lowest BCUT2D eigenvalue weighted by Gasteiger charge is -2.44. The van der Waals surface area contributed by atoms with Gasteiger partial charge in [-0.05, 0) is 50.7 Å². The molecule has 0 aromatic heterocycles. The zero-order valence-electron chi connectivity index (χ0n) is 15.2. The van der Waals surface area contributed by atoms with Crippen molar-refractivity contribution in [1.29, 1.82) is 0 Å². The number of aryl methyl sites for hydroxylation is 1. The molecule has 144 valence electrons. The molecule has 1 aromatic rings. The summed E-state index contributed by atoms with van der Waals surface area (Å²) < 4.78 is 30.1. The van der Waals surface area contributed by atoms with Crippen LogP contribution in [-0.4, -0.2) is 37.6 Å². The SMILES string of the molecule is Cc1ccc(S(=O)(=O)ON2CCC(C(=O)O)(C3CCCCC3)CC2)cc1. The van der Waals surface area contributed by atoms with Crippen LogP contribution in [0.1, 0.15) is 50.5 Å². The minimum Gasteiger partial charge on any atom is -0.481 e. The number of aliphatic carboxylic acids is 1. The van der Waals surface area contributed by atoms with Crippen molar-refractivity contribution in [2.75, 3.05) is 13.1 Å². The second-order valence-electron chi connectivity index (χ2n) is 7.57. The van der Waals surface area contributed by atoms with Crippen LogP contribution in [0.2, 0.25) is 0 Å². The van der Waals surface area contributed by atoms with Crippen molar-refractivity contribution in [2.24, 2.45) is 11.3 Å². The van der Waals surface area contributed by atoms with E-state index < -0.39 is 21.5 Å². The van der Waals surface area contributed by atoms with Gasteiger partial charge in [0.25, 0.3) is 0 Å². The Morgan fingerprint density at radius 2 is 1.69 bits per heavy atom. The highest BCUT2D eigenvalue weighted by Gasteiger charge is 2.48. The molecule has 26 heavy (non-hydrogen) atoms. The van der Waals surface area contributed by atoms with Gasteiger partial charge >= 0.3 is 16.1 Å². The first-order chi connectivity index (χ1) is 12.3. The van der Waals surface area contributed by atoms with Gasteiger partial charge in [0.1, 0.15) is 0 Å². The molecular formula is C19H27NO5S. The van der Waals surface area contributed by atoms with Gasteiger partial charge in [0, 0.05) is 13.1 Å². The molecule has 3 rings (SSSR count). The number of hydrogen-bond acceptors (Lipinski definition) is 5. The van der Waals surface area contributed by atoms with Gasteiger partial charge in [-0.1, -0.05) is 37.0 Å². The highest BCUT2D eigenvalue weighted by atomic mass is 32.2. The topological polar surface area (TPSA) is 83.9 Å². The number of nitrogens with zero attached hydrogens (tertiary/aromatic N) is 1. The smallest absolute Gasteiger partial charge is 0.313 e. The molecule has 6 nitrogen and oxygen atoms in total. The zero-order chi connectivity index (χ0) is 18.8. The number of piperidine rings is 1. The summed E-state index contributed by atoms with van der Waals surface area (Å²) in [6.45, 7) is 2.51. The Labute approximate surface area is 155 Å². The monoisotopic (exact) mass is 381 g/mol. The van der Waals surface area contributed by atoms with Crippen molar-refractivity contribution >= 4 is 16.1 Å². The van der Waals surface area contributed by atoms with Crippen molar-refractivity contribution in [2.45, 2.75) is 56.8 Å². The Morgan fingerprint density at radius 3 is 2.23 bits per heavy atom. The fourth-order valence-electron chi connectivity index (χ4n) is 4.30. The third kappa shape index (κ3) is 3.94. The summed E-state index contributed by atoms with van der Waals surface area (Å²) in [6.07, 6.45) is 6.11. The fraction of sp³-hybridized carbons (Fsp3) is 0.632. The standard InChI is InChI=1S/C19H27NO5S/c1-15-7-9-17(10-8-15)26(23,24)25-20-13-11-19(12-14-20,18(21)22)16-5-3-2-4-6-16/h7-10,16H,2-6,11-14H2,1H3,(H,21,22). The van der Waals surface area contributed by atoms with E-state index in [-0.39, 0.29) is 10.8 Å². The lowest BCUT2D eigenvalue weighted by Crippen LogP contribution is -2.49. The van der Waals surface area contributed by atoms with Gasteiger partial charge in [-0.25, -0.2) is 0 Å². The molecule has 0 amide bonds. The van der Waals surface area contributed by atoms with E-state index in [2.05, 4.69) is 0 Å². The van der Waals surface area contributed by atoms with E-state index in [0.717, 1.165) is 31.2 Å². The number of benzene rings is 1. The quantitative estimate of drug-likeness (QED) is 0.842. The van der Waals surface area contributed by atoms with E-state index in [1.54, 1.807) is 12.1 Å². The molecule has 0 spiro atoms. The first-order valence-electron chi connectivity index (χ1n) is 9.33. The van der Waals surface area contributed by atoms with Crippen molar-refractivity contribution in [3.63, 3.8) is 0 Å². The number of carboxylic acids is 1. The maximum atomic E-state index is 12.4. The van der Waals surface area contributed by atoms with Gasteiger partial charge in [0.2, 0.25) is 0 Å². The predicted octanol–water partition coefficient (Wildman–Crippen LogP) is 3.36. The number of rotatable bonds is 5. The summed E-state index contributed by atoms with van der Waals surface area (Å²) in [5.41, 5.74) is 0.231. The minimum atomic E-state index is -3.88. The third-order valence-electron chi connectivity index (χ3n) is 5.94. The number of hydrogen-bond donors (Lipinski definition) is 1. The van der Waals surface area contributed by atoms with Gasteiger partial charge < -0.3 is 5.11 Å². The van der Waals surface area contributed by atoms with E-state index in [1.807, 2.05) is 6.92 Å². The molecule has 1 aromatic carbocycles. The van der Waals surface area contributed by atoms with Crippen molar-refractivity contribution < 1.29 is 22.6 Å². The molecule has 1 saturated carbocycles. The van der Waals surface area contributed by atoms with Crippen LogP contribution in [0.3, 0.4) is 0 Å². The molecule has 1 aliphatic heterocycles. The molecule has 2 fully saturated rings. The predicted molar refractivity (Wildman–Crippen MR) is 96.9 cm³/mol. The molecule has 0 unspecified atom stereocenters. The number of carbonyl (C=O) groups is 1. The summed E-state index contributed by atoms with van der Waals surface area (Å²) in [7, 11) is -3.88. The molecular weight excluding hydrogens is 354 g/mol. The Kier molecular flexibility index (Phi) is 5.69. The largest absolute Gasteiger partial charge is 0.481 e. The second kappa shape index (κ2) is 7.66. The maximum absolute atomic E-state index is 12.4. The molecule has 0 bridgehead atoms. The summed E-state index contributed by atoms with van der Waals surface area (Å²) in [4.78, 5) is 12.2. The molecule has 7 heteroatoms. The Hall–Kier alpha value is -1.44. The van der Waals surface area contributed by atoms with Crippen LogP contribution in [0.25, 0.3) is 0 Å². The molecule has 0 radical (unpaired) electrons. The van der Waals surface area contributed by atoms with Crippen LogP contribution in [-0.2, 0) is 19.2 Å². The van der Waals surface area contributed by atoms with Gasteiger partial charge in [-0.3, -0.25) is 4.79 Å². The average Bonchev–Trinajstić information content (AvgIpc) is 2.63. The molecule has 1 saturated heterocycles. The first kappa shape index (κ1) is 19.3. The molecule has 1 N–H and O–H groups in total. The molecule has 1 aliphatic carbocycles. The van der Waals surface area contributed by atoms with E-state index in [0.29, 0.717) is 25.9 Å². The molecule has 2 aliphatic rings. The Morgan fingerprint density at radius 1 is 1.12 bits per heavy atom. The van der Waals surface area contributed by atoms with E-state index in [4.69, 9.17) is 4.28 Å². The fourth-order valence-corrected chi connectivity index (χ4v) is 5.28. The van der Waals surface area contributed by atoms with Crippen molar-refractivity contribution in [3.8, 4) is 0 Å². The van der Waals surface area contributed by atoms with E-state index in [1.165, 1.54) is 23.6 Å². The Balaban J connectivity index is 1.67. The summed E-state index contributed by atoms with van der Waals surface area (Å²) in [5, 5.41) is 11.3.